The van der Waals surface area contributed by atoms with Crippen molar-refractivity contribution in [2.45, 2.75) is 18.9 Å². The molecule has 4 rings (SSSR count). The molecule has 1 atom stereocenters. The fourth-order valence-corrected chi connectivity index (χ4v) is 3.95. The third-order valence-corrected chi connectivity index (χ3v) is 5.09. The van der Waals surface area contributed by atoms with Crippen LogP contribution >= 0.6 is 11.6 Å². The minimum Gasteiger partial charge on any atom is -0.494 e. The Labute approximate surface area is 144 Å². The van der Waals surface area contributed by atoms with E-state index in [1.807, 2.05) is 35.0 Å². The van der Waals surface area contributed by atoms with Gasteiger partial charge in [-0.2, -0.15) is 0 Å². The van der Waals surface area contributed by atoms with Gasteiger partial charge in [-0.05, 0) is 36.1 Å². The highest BCUT2D eigenvalue weighted by Gasteiger charge is 2.30. The van der Waals surface area contributed by atoms with Gasteiger partial charge in [-0.25, -0.2) is 4.79 Å². The first-order chi connectivity index (χ1) is 11.6. The second-order valence-corrected chi connectivity index (χ2v) is 6.39. The molecule has 1 aliphatic rings. The summed E-state index contributed by atoms with van der Waals surface area (Å²) in [6.45, 7) is 0. The number of hydrogen-bond donors (Lipinski definition) is 1. The molecular weight excluding hydrogens is 326 g/mol. The predicted molar refractivity (Wildman–Crippen MR) is 92.9 cm³/mol. The first-order valence-corrected chi connectivity index (χ1v) is 8.17. The topological polar surface area (TPSA) is 51.5 Å². The van der Waals surface area contributed by atoms with E-state index >= 15 is 0 Å². The van der Waals surface area contributed by atoms with Crippen LogP contribution in [0.1, 0.15) is 33.9 Å². The zero-order valence-electron chi connectivity index (χ0n) is 13.1. The maximum atomic E-state index is 12.0. The van der Waals surface area contributed by atoms with Gasteiger partial charge in [0.1, 0.15) is 0 Å². The maximum Gasteiger partial charge on any atom is 0.338 e. The Morgan fingerprint density at radius 3 is 2.83 bits per heavy atom. The summed E-state index contributed by atoms with van der Waals surface area (Å²) in [5, 5.41) is 12.8. The minimum atomic E-state index is -0.322. The molecular formula is C19H16ClNO3. The molecule has 0 radical (unpaired) electrons. The third-order valence-electron chi connectivity index (χ3n) is 4.77. The van der Waals surface area contributed by atoms with Crippen LogP contribution in [0.25, 0.3) is 10.8 Å². The Hall–Kier alpha value is -2.46. The van der Waals surface area contributed by atoms with Crippen LogP contribution in [0.4, 0.5) is 0 Å². The van der Waals surface area contributed by atoms with E-state index in [9.17, 15) is 9.90 Å². The van der Waals surface area contributed by atoms with Gasteiger partial charge in [-0.1, -0.05) is 35.9 Å². The van der Waals surface area contributed by atoms with Gasteiger partial charge in [0.2, 0.25) is 5.88 Å². The van der Waals surface area contributed by atoms with E-state index in [0.717, 1.165) is 29.4 Å². The summed E-state index contributed by atoms with van der Waals surface area (Å²) in [6, 6.07) is 11.2. The largest absolute Gasteiger partial charge is 0.494 e. The summed E-state index contributed by atoms with van der Waals surface area (Å²) in [4.78, 5) is 12.0. The molecule has 1 aromatic heterocycles. The molecule has 0 unspecified atom stereocenters. The van der Waals surface area contributed by atoms with Crippen molar-refractivity contribution in [3.8, 4) is 5.88 Å². The number of carbonyl (C=O) groups is 1. The Balaban J connectivity index is 1.86. The zero-order valence-corrected chi connectivity index (χ0v) is 13.9. The number of aromatic nitrogens is 1. The van der Waals surface area contributed by atoms with Gasteiger partial charge in [0.05, 0.1) is 29.1 Å². The van der Waals surface area contributed by atoms with Crippen LogP contribution in [0.5, 0.6) is 5.88 Å². The molecule has 0 bridgehead atoms. The Bertz CT molecular complexity index is 961. The van der Waals surface area contributed by atoms with Gasteiger partial charge in [0, 0.05) is 11.6 Å². The number of nitrogens with zero attached hydrogens (tertiary/aromatic N) is 1. The summed E-state index contributed by atoms with van der Waals surface area (Å²) in [5.41, 5.74) is 2.65. The molecule has 24 heavy (non-hydrogen) atoms. The molecule has 1 heterocycles. The number of esters is 1. The van der Waals surface area contributed by atoms with E-state index in [1.165, 1.54) is 7.11 Å². The standard InChI is InChI=1S/C19H16ClNO3/c1-24-19(23)14-6-3-5-13-12(14)8-9-16(13)21-10-11-4-2-7-15(20)17(11)18(21)22/h2-7,10,16,22H,8-9H2,1H3/t16-/m1/s1. The van der Waals surface area contributed by atoms with E-state index < -0.39 is 0 Å². The highest BCUT2D eigenvalue weighted by Crippen LogP contribution is 2.42. The molecule has 2 aromatic carbocycles. The number of hydrogen-bond acceptors (Lipinski definition) is 3. The van der Waals surface area contributed by atoms with Crippen molar-refractivity contribution in [1.29, 1.82) is 0 Å². The molecule has 4 nitrogen and oxygen atoms in total. The van der Waals surface area contributed by atoms with E-state index in [4.69, 9.17) is 16.3 Å². The lowest BCUT2D eigenvalue weighted by molar-refractivity contribution is 0.0599. The van der Waals surface area contributed by atoms with Crippen LogP contribution in [0.3, 0.4) is 0 Å². The first kappa shape index (κ1) is 15.1. The summed E-state index contributed by atoms with van der Waals surface area (Å²) >= 11 is 6.23. The van der Waals surface area contributed by atoms with Crippen LogP contribution in [-0.2, 0) is 11.2 Å². The van der Waals surface area contributed by atoms with Crippen LogP contribution in [-0.4, -0.2) is 22.8 Å². The maximum absolute atomic E-state index is 12.0. The zero-order chi connectivity index (χ0) is 16.8. The predicted octanol–water partition coefficient (Wildman–Crippen LogP) is 4.32. The number of rotatable bonds is 2. The average Bonchev–Trinajstić information content (AvgIpc) is 3.16. The van der Waals surface area contributed by atoms with E-state index in [0.29, 0.717) is 16.0 Å². The summed E-state index contributed by atoms with van der Waals surface area (Å²) in [7, 11) is 1.39. The summed E-state index contributed by atoms with van der Waals surface area (Å²) in [6.07, 6.45) is 3.50. The Morgan fingerprint density at radius 1 is 1.29 bits per heavy atom. The van der Waals surface area contributed by atoms with Crippen molar-refractivity contribution in [2.24, 2.45) is 0 Å². The number of aromatic hydroxyl groups is 1. The van der Waals surface area contributed by atoms with E-state index in [2.05, 4.69) is 0 Å². The highest BCUT2D eigenvalue weighted by atomic mass is 35.5. The second-order valence-electron chi connectivity index (χ2n) is 5.98. The van der Waals surface area contributed by atoms with Crippen molar-refractivity contribution in [2.75, 3.05) is 7.11 Å². The van der Waals surface area contributed by atoms with E-state index in [1.54, 1.807) is 12.1 Å². The van der Waals surface area contributed by atoms with Crippen molar-refractivity contribution in [3.05, 3.63) is 64.3 Å². The minimum absolute atomic E-state index is 0.0203. The molecule has 122 valence electrons. The van der Waals surface area contributed by atoms with Gasteiger partial charge >= 0.3 is 5.97 Å². The van der Waals surface area contributed by atoms with Gasteiger partial charge in [-0.15, -0.1) is 0 Å². The Kier molecular flexibility index (Phi) is 3.50. The number of ether oxygens (including phenoxy) is 1. The molecule has 1 aliphatic carbocycles. The molecule has 0 spiro atoms. The quantitative estimate of drug-likeness (QED) is 0.706. The van der Waals surface area contributed by atoms with Crippen LogP contribution in [0.2, 0.25) is 5.02 Å². The van der Waals surface area contributed by atoms with Crippen LogP contribution in [0, 0.1) is 0 Å². The lowest BCUT2D eigenvalue weighted by atomic mass is 10.0. The lowest BCUT2D eigenvalue weighted by Crippen LogP contribution is -2.08. The molecule has 0 saturated heterocycles. The van der Waals surface area contributed by atoms with Gasteiger partial charge in [0.25, 0.3) is 0 Å². The van der Waals surface area contributed by atoms with Gasteiger partial charge in [-0.3, -0.25) is 0 Å². The first-order valence-electron chi connectivity index (χ1n) is 7.80. The smallest absolute Gasteiger partial charge is 0.338 e. The lowest BCUT2D eigenvalue weighted by Gasteiger charge is -2.16. The average molecular weight is 342 g/mol. The fourth-order valence-electron chi connectivity index (χ4n) is 3.68. The molecule has 0 saturated carbocycles. The normalized spacial score (nSPS) is 16.3. The number of halogens is 1. The number of benzene rings is 2. The van der Waals surface area contributed by atoms with Gasteiger partial charge < -0.3 is 14.4 Å². The highest BCUT2D eigenvalue weighted by molar-refractivity contribution is 6.36. The molecule has 0 fully saturated rings. The molecule has 3 aromatic rings. The monoisotopic (exact) mass is 341 g/mol. The Morgan fingerprint density at radius 2 is 2.08 bits per heavy atom. The third kappa shape index (κ3) is 2.10. The van der Waals surface area contributed by atoms with Crippen LogP contribution < -0.4 is 0 Å². The second kappa shape index (κ2) is 5.56. The molecule has 5 heteroatoms. The van der Waals surface area contributed by atoms with Crippen LogP contribution in [0.15, 0.2) is 42.6 Å². The summed E-state index contributed by atoms with van der Waals surface area (Å²) in [5.74, 6) is -0.158. The fraction of sp³-hybridized carbons (Fsp3) is 0.211. The molecule has 0 amide bonds. The van der Waals surface area contributed by atoms with Crippen molar-refractivity contribution in [3.63, 3.8) is 0 Å². The molecule has 1 N–H and O–H groups in total. The molecule has 0 aliphatic heterocycles. The van der Waals surface area contributed by atoms with Crippen molar-refractivity contribution >= 4 is 28.3 Å². The number of carbonyl (C=O) groups excluding carboxylic acids is 1. The SMILES string of the molecule is COC(=O)c1cccc2c1CC[C@H]2n1cc2cccc(Cl)c2c1O. The number of methoxy groups -OCH3 is 1. The number of fused-ring (bicyclic) bond motifs is 2. The van der Waals surface area contributed by atoms with Gasteiger partial charge in [0.15, 0.2) is 0 Å². The summed E-state index contributed by atoms with van der Waals surface area (Å²) < 4.78 is 6.73. The van der Waals surface area contributed by atoms with Crippen molar-refractivity contribution < 1.29 is 14.6 Å². The van der Waals surface area contributed by atoms with Crippen molar-refractivity contribution in [1.82, 2.24) is 4.57 Å². The van der Waals surface area contributed by atoms with E-state index in [-0.39, 0.29) is 17.9 Å².